The third-order valence-electron chi connectivity index (χ3n) is 3.93. The number of likely N-dealkylation sites (tertiary alicyclic amines) is 1. The van der Waals surface area contributed by atoms with Gasteiger partial charge in [0.25, 0.3) is 0 Å². The van der Waals surface area contributed by atoms with E-state index in [1.54, 1.807) is 6.92 Å². The third-order valence-corrected chi connectivity index (χ3v) is 3.93. The normalized spacial score (nSPS) is 19.9. The fourth-order valence-electron chi connectivity index (χ4n) is 2.58. The highest BCUT2D eigenvalue weighted by Gasteiger charge is 2.23. The quantitative estimate of drug-likeness (QED) is 0.826. The molecule has 1 unspecified atom stereocenters. The maximum Gasteiger partial charge on any atom is 0.159 e. The van der Waals surface area contributed by atoms with Gasteiger partial charge in [0.1, 0.15) is 0 Å². The molecule has 0 spiro atoms. The molecule has 1 atom stereocenters. The highest BCUT2D eigenvalue weighted by atomic mass is 16.1. The fourth-order valence-corrected chi connectivity index (χ4v) is 2.58. The SMILES string of the molecule is CC(=O)c1ccc(NCC2CCN(C(C)C)C2)cc1. The number of nitrogens with zero attached hydrogens (tertiary/aromatic N) is 1. The molecule has 0 bridgehead atoms. The third kappa shape index (κ3) is 3.80. The summed E-state index contributed by atoms with van der Waals surface area (Å²) >= 11 is 0. The first kappa shape index (κ1) is 14.1. The van der Waals surface area contributed by atoms with Gasteiger partial charge in [-0.05, 0) is 63.9 Å². The Morgan fingerprint density at radius 1 is 1.37 bits per heavy atom. The molecule has 0 amide bonds. The minimum atomic E-state index is 0.120. The number of ketones is 1. The molecule has 1 heterocycles. The first-order valence-corrected chi connectivity index (χ1v) is 7.15. The van der Waals surface area contributed by atoms with Crippen LogP contribution in [-0.2, 0) is 0 Å². The first-order valence-electron chi connectivity index (χ1n) is 7.15. The van der Waals surface area contributed by atoms with Crippen LogP contribution in [0.2, 0.25) is 0 Å². The van der Waals surface area contributed by atoms with E-state index in [4.69, 9.17) is 0 Å². The molecule has 1 aromatic carbocycles. The van der Waals surface area contributed by atoms with E-state index in [0.717, 1.165) is 23.7 Å². The summed E-state index contributed by atoms with van der Waals surface area (Å²) < 4.78 is 0. The van der Waals surface area contributed by atoms with Gasteiger partial charge in [-0.25, -0.2) is 0 Å². The van der Waals surface area contributed by atoms with Crippen LogP contribution in [-0.4, -0.2) is 36.4 Å². The summed E-state index contributed by atoms with van der Waals surface area (Å²) in [5, 5.41) is 3.47. The van der Waals surface area contributed by atoms with E-state index in [9.17, 15) is 4.79 Å². The van der Waals surface area contributed by atoms with E-state index in [1.807, 2.05) is 24.3 Å². The average molecular weight is 260 g/mol. The molecule has 0 aromatic heterocycles. The summed E-state index contributed by atoms with van der Waals surface area (Å²) in [7, 11) is 0. The van der Waals surface area contributed by atoms with E-state index in [1.165, 1.54) is 19.5 Å². The summed E-state index contributed by atoms with van der Waals surface area (Å²) in [6.45, 7) is 9.54. The number of carbonyl (C=O) groups is 1. The molecule has 1 saturated heterocycles. The van der Waals surface area contributed by atoms with Crippen molar-refractivity contribution >= 4 is 11.5 Å². The zero-order chi connectivity index (χ0) is 13.8. The van der Waals surface area contributed by atoms with Gasteiger partial charge in [0.05, 0.1) is 0 Å². The average Bonchev–Trinajstić information content (AvgIpc) is 2.86. The zero-order valence-corrected chi connectivity index (χ0v) is 12.1. The smallest absolute Gasteiger partial charge is 0.159 e. The Labute approximate surface area is 116 Å². The second-order valence-corrected chi connectivity index (χ2v) is 5.76. The standard InChI is InChI=1S/C16H24N2O/c1-12(2)18-9-8-14(11-18)10-17-16-6-4-15(5-7-16)13(3)19/h4-7,12,14,17H,8-11H2,1-3H3. The molecule has 1 aliphatic heterocycles. The lowest BCUT2D eigenvalue weighted by Gasteiger charge is -2.20. The minimum Gasteiger partial charge on any atom is -0.385 e. The molecule has 1 fully saturated rings. The topological polar surface area (TPSA) is 32.3 Å². The summed E-state index contributed by atoms with van der Waals surface area (Å²) in [5.74, 6) is 0.852. The molecule has 3 nitrogen and oxygen atoms in total. The van der Waals surface area contributed by atoms with Crippen LogP contribution in [0.25, 0.3) is 0 Å². The zero-order valence-electron chi connectivity index (χ0n) is 12.1. The number of Topliss-reactive ketones (excluding diaryl/α,β-unsaturated/α-hetero) is 1. The summed E-state index contributed by atoms with van der Waals surface area (Å²) in [5.41, 5.74) is 1.88. The monoisotopic (exact) mass is 260 g/mol. The lowest BCUT2D eigenvalue weighted by atomic mass is 10.1. The molecular formula is C16H24N2O. The van der Waals surface area contributed by atoms with Gasteiger partial charge < -0.3 is 10.2 Å². The highest BCUT2D eigenvalue weighted by Crippen LogP contribution is 2.19. The van der Waals surface area contributed by atoms with E-state index >= 15 is 0 Å². The van der Waals surface area contributed by atoms with Gasteiger partial charge >= 0.3 is 0 Å². The Balaban J connectivity index is 1.81. The van der Waals surface area contributed by atoms with E-state index in [0.29, 0.717) is 6.04 Å². The van der Waals surface area contributed by atoms with Crippen LogP contribution in [0.3, 0.4) is 0 Å². The lowest BCUT2D eigenvalue weighted by molar-refractivity contribution is 0.101. The second-order valence-electron chi connectivity index (χ2n) is 5.76. The maximum atomic E-state index is 11.2. The summed E-state index contributed by atoms with van der Waals surface area (Å²) in [6, 6.07) is 8.41. The Kier molecular flexibility index (Phi) is 4.59. The minimum absolute atomic E-state index is 0.120. The van der Waals surface area contributed by atoms with Crippen LogP contribution >= 0.6 is 0 Å². The molecule has 104 valence electrons. The molecule has 0 saturated carbocycles. The predicted molar refractivity (Wildman–Crippen MR) is 79.8 cm³/mol. The van der Waals surface area contributed by atoms with Crippen LogP contribution in [0.4, 0.5) is 5.69 Å². The van der Waals surface area contributed by atoms with Crippen LogP contribution in [0.1, 0.15) is 37.6 Å². The highest BCUT2D eigenvalue weighted by molar-refractivity contribution is 5.94. The first-order chi connectivity index (χ1) is 9.06. The maximum absolute atomic E-state index is 11.2. The molecule has 0 aliphatic carbocycles. The van der Waals surface area contributed by atoms with Crippen LogP contribution in [0.15, 0.2) is 24.3 Å². The number of benzene rings is 1. The van der Waals surface area contributed by atoms with Crippen molar-refractivity contribution in [1.29, 1.82) is 0 Å². The van der Waals surface area contributed by atoms with E-state index < -0.39 is 0 Å². The van der Waals surface area contributed by atoms with Crippen LogP contribution in [0.5, 0.6) is 0 Å². The van der Waals surface area contributed by atoms with Crippen molar-refractivity contribution in [3.63, 3.8) is 0 Å². The van der Waals surface area contributed by atoms with Crippen molar-refractivity contribution < 1.29 is 4.79 Å². The molecule has 3 heteroatoms. The van der Waals surface area contributed by atoms with Crippen molar-refractivity contribution in [2.24, 2.45) is 5.92 Å². The Morgan fingerprint density at radius 3 is 2.58 bits per heavy atom. The second kappa shape index (κ2) is 6.20. The molecule has 1 N–H and O–H groups in total. The van der Waals surface area contributed by atoms with Gasteiger partial charge in [-0.1, -0.05) is 0 Å². The molecule has 19 heavy (non-hydrogen) atoms. The van der Waals surface area contributed by atoms with Crippen LogP contribution in [0, 0.1) is 5.92 Å². The Morgan fingerprint density at radius 2 is 2.05 bits per heavy atom. The Hall–Kier alpha value is -1.35. The fraction of sp³-hybridized carbons (Fsp3) is 0.562. The predicted octanol–water partition coefficient (Wildman–Crippen LogP) is 3.03. The van der Waals surface area contributed by atoms with Gasteiger partial charge in [0, 0.05) is 30.4 Å². The van der Waals surface area contributed by atoms with Crippen LogP contribution < -0.4 is 5.32 Å². The molecule has 1 aromatic rings. The number of carbonyl (C=O) groups excluding carboxylic acids is 1. The van der Waals surface area contributed by atoms with Gasteiger partial charge in [0.2, 0.25) is 0 Å². The van der Waals surface area contributed by atoms with E-state index in [2.05, 4.69) is 24.1 Å². The molecular weight excluding hydrogens is 236 g/mol. The number of anilines is 1. The van der Waals surface area contributed by atoms with Crippen molar-refractivity contribution in [2.45, 2.75) is 33.2 Å². The van der Waals surface area contributed by atoms with Crippen molar-refractivity contribution in [1.82, 2.24) is 4.90 Å². The Bertz CT molecular complexity index is 425. The molecule has 1 aliphatic rings. The number of rotatable bonds is 5. The van der Waals surface area contributed by atoms with Crippen molar-refractivity contribution in [3.05, 3.63) is 29.8 Å². The van der Waals surface area contributed by atoms with Gasteiger partial charge in [-0.15, -0.1) is 0 Å². The largest absolute Gasteiger partial charge is 0.385 e. The van der Waals surface area contributed by atoms with Gasteiger partial charge in [-0.2, -0.15) is 0 Å². The number of hydrogen-bond donors (Lipinski definition) is 1. The van der Waals surface area contributed by atoms with Gasteiger partial charge in [-0.3, -0.25) is 4.79 Å². The summed E-state index contributed by atoms with van der Waals surface area (Å²) in [4.78, 5) is 13.7. The number of nitrogens with one attached hydrogen (secondary N) is 1. The van der Waals surface area contributed by atoms with E-state index in [-0.39, 0.29) is 5.78 Å². The number of hydrogen-bond acceptors (Lipinski definition) is 3. The molecule has 0 radical (unpaired) electrons. The lowest BCUT2D eigenvalue weighted by Crippen LogP contribution is -2.29. The van der Waals surface area contributed by atoms with Crippen molar-refractivity contribution in [2.75, 3.05) is 25.0 Å². The molecule has 2 rings (SSSR count). The van der Waals surface area contributed by atoms with Crippen molar-refractivity contribution in [3.8, 4) is 0 Å². The summed E-state index contributed by atoms with van der Waals surface area (Å²) in [6.07, 6.45) is 1.27. The van der Waals surface area contributed by atoms with Gasteiger partial charge in [0.15, 0.2) is 5.78 Å².